The molecule has 0 fully saturated rings. The van der Waals surface area contributed by atoms with Crippen molar-refractivity contribution >= 4 is 11.9 Å². The highest BCUT2D eigenvalue weighted by Crippen LogP contribution is 2.31. The molecular weight excluding hydrogens is 366 g/mol. The van der Waals surface area contributed by atoms with Gasteiger partial charge in [0.05, 0.1) is 13.2 Å². The Hall–Kier alpha value is -2.58. The Morgan fingerprint density at radius 1 is 1.29 bits per heavy atom. The molecule has 28 heavy (non-hydrogen) atoms. The van der Waals surface area contributed by atoms with Gasteiger partial charge in [-0.25, -0.2) is 9.59 Å². The molecule has 1 unspecified atom stereocenters. The van der Waals surface area contributed by atoms with Gasteiger partial charge in [-0.2, -0.15) is 0 Å². The highest BCUT2D eigenvalue weighted by atomic mass is 16.5. The van der Waals surface area contributed by atoms with Crippen molar-refractivity contribution in [3.63, 3.8) is 0 Å². The van der Waals surface area contributed by atoms with Crippen molar-refractivity contribution < 1.29 is 34.0 Å². The molecule has 3 N–H and O–H groups in total. The minimum atomic E-state index is -1.26. The van der Waals surface area contributed by atoms with Gasteiger partial charge in [0.15, 0.2) is 0 Å². The van der Waals surface area contributed by atoms with Crippen LogP contribution < -0.4 is 14.8 Å². The molecule has 1 aliphatic rings. The normalized spacial score (nSPS) is 14.9. The minimum Gasteiger partial charge on any atom is -0.497 e. The van der Waals surface area contributed by atoms with Crippen LogP contribution in [0.25, 0.3) is 0 Å². The largest absolute Gasteiger partial charge is 0.497 e. The van der Waals surface area contributed by atoms with Gasteiger partial charge in [0.1, 0.15) is 17.6 Å². The van der Waals surface area contributed by atoms with Crippen LogP contribution in [-0.2, 0) is 20.7 Å². The number of nitrogens with one attached hydrogen (secondary N) is 1. The summed E-state index contributed by atoms with van der Waals surface area (Å²) in [6.07, 6.45) is 3.64. The monoisotopic (exact) mass is 395 g/mol. The first-order chi connectivity index (χ1) is 13.3. The zero-order chi connectivity index (χ0) is 20.9. The Labute approximate surface area is 165 Å². The van der Waals surface area contributed by atoms with E-state index in [4.69, 9.17) is 24.4 Å². The molecule has 1 aliphatic heterocycles. The molecule has 0 spiro atoms. The lowest BCUT2D eigenvalue weighted by molar-refractivity contribution is -0.134. The van der Waals surface area contributed by atoms with Crippen LogP contribution in [0.1, 0.15) is 25.8 Å². The van der Waals surface area contributed by atoms with Gasteiger partial charge in [0, 0.05) is 37.3 Å². The molecular formula is C20H29NO7. The number of benzene rings is 1. The van der Waals surface area contributed by atoms with Crippen molar-refractivity contribution in [3.05, 3.63) is 35.9 Å². The number of fused-ring (bicyclic) bond motifs is 1. The molecule has 0 bridgehead atoms. The number of hydrogen-bond acceptors (Lipinski definition) is 6. The number of aliphatic carboxylic acids is 2. The van der Waals surface area contributed by atoms with Crippen molar-refractivity contribution in [2.75, 3.05) is 26.8 Å². The first-order valence-corrected chi connectivity index (χ1v) is 9.11. The SMILES string of the molecule is COc1ccc2c(c1)CC(CNCCCOC(C)C)O2.O=C(O)/C=C\C(=O)O. The maximum absolute atomic E-state index is 9.55. The first kappa shape index (κ1) is 23.5. The number of carboxylic acids is 2. The fourth-order valence-corrected chi connectivity index (χ4v) is 2.46. The van der Waals surface area contributed by atoms with Crippen molar-refractivity contribution in [1.29, 1.82) is 0 Å². The molecule has 0 saturated carbocycles. The topological polar surface area (TPSA) is 114 Å². The van der Waals surface area contributed by atoms with E-state index in [0.717, 1.165) is 44.0 Å². The van der Waals surface area contributed by atoms with E-state index in [0.29, 0.717) is 18.3 Å². The third kappa shape index (κ3) is 9.94. The zero-order valence-corrected chi connectivity index (χ0v) is 16.5. The second-order valence-corrected chi connectivity index (χ2v) is 6.40. The molecule has 0 aromatic heterocycles. The van der Waals surface area contributed by atoms with Crippen LogP contribution in [0, 0.1) is 0 Å². The molecule has 0 saturated heterocycles. The minimum absolute atomic E-state index is 0.225. The number of carbonyl (C=O) groups is 2. The molecule has 1 aromatic carbocycles. The molecule has 2 rings (SSSR count). The molecule has 156 valence electrons. The fraction of sp³-hybridized carbons (Fsp3) is 0.500. The lowest BCUT2D eigenvalue weighted by Gasteiger charge is -2.12. The molecule has 0 amide bonds. The van der Waals surface area contributed by atoms with Crippen LogP contribution in [0.4, 0.5) is 0 Å². The number of carboxylic acid groups (broad SMARTS) is 2. The van der Waals surface area contributed by atoms with Crippen LogP contribution in [0.2, 0.25) is 0 Å². The lowest BCUT2D eigenvalue weighted by Crippen LogP contribution is -2.31. The fourth-order valence-electron chi connectivity index (χ4n) is 2.46. The lowest BCUT2D eigenvalue weighted by atomic mass is 10.1. The second-order valence-electron chi connectivity index (χ2n) is 6.40. The average Bonchev–Trinajstić information content (AvgIpc) is 3.05. The zero-order valence-electron chi connectivity index (χ0n) is 16.5. The summed E-state index contributed by atoms with van der Waals surface area (Å²) < 4.78 is 16.6. The predicted molar refractivity (Wildman–Crippen MR) is 104 cm³/mol. The van der Waals surface area contributed by atoms with Crippen LogP contribution in [-0.4, -0.2) is 61.2 Å². The standard InChI is InChI=1S/C16H25NO3.C4H4O4/c1-12(2)19-8-4-7-17-11-15-10-13-9-14(18-3)5-6-16(13)20-15;5-3(6)1-2-4(7)8/h5-6,9,12,15,17H,4,7-8,10-11H2,1-3H3;1-2H,(H,5,6)(H,7,8)/b;2-1-. The van der Waals surface area contributed by atoms with Crippen LogP contribution in [0.5, 0.6) is 11.5 Å². The van der Waals surface area contributed by atoms with Gasteiger partial charge in [-0.05, 0) is 45.0 Å². The summed E-state index contributed by atoms with van der Waals surface area (Å²) in [4.78, 5) is 19.1. The van der Waals surface area contributed by atoms with Gasteiger partial charge < -0.3 is 29.7 Å². The third-order valence-corrected chi connectivity index (χ3v) is 3.70. The Morgan fingerprint density at radius 2 is 1.96 bits per heavy atom. The summed E-state index contributed by atoms with van der Waals surface area (Å²) in [5.41, 5.74) is 1.24. The summed E-state index contributed by atoms with van der Waals surface area (Å²) >= 11 is 0. The van der Waals surface area contributed by atoms with Gasteiger partial charge in [0.25, 0.3) is 0 Å². The average molecular weight is 395 g/mol. The number of hydrogen-bond donors (Lipinski definition) is 3. The first-order valence-electron chi connectivity index (χ1n) is 9.11. The van der Waals surface area contributed by atoms with Gasteiger partial charge in [-0.3, -0.25) is 0 Å². The van der Waals surface area contributed by atoms with E-state index in [1.165, 1.54) is 5.56 Å². The summed E-state index contributed by atoms with van der Waals surface area (Å²) in [6, 6.07) is 5.99. The Bertz CT molecular complexity index is 642. The van der Waals surface area contributed by atoms with E-state index in [1.54, 1.807) is 7.11 Å². The maximum Gasteiger partial charge on any atom is 0.328 e. The van der Waals surface area contributed by atoms with E-state index < -0.39 is 11.9 Å². The summed E-state index contributed by atoms with van der Waals surface area (Å²) in [5.74, 6) is -0.632. The van der Waals surface area contributed by atoms with Gasteiger partial charge in [0.2, 0.25) is 0 Å². The predicted octanol–water partition coefficient (Wildman–Crippen LogP) is 2.12. The highest BCUT2D eigenvalue weighted by molar-refractivity contribution is 5.89. The highest BCUT2D eigenvalue weighted by Gasteiger charge is 2.22. The molecule has 8 heteroatoms. The van der Waals surface area contributed by atoms with Crippen molar-refractivity contribution in [2.24, 2.45) is 0 Å². The molecule has 8 nitrogen and oxygen atoms in total. The Morgan fingerprint density at radius 3 is 2.54 bits per heavy atom. The Kier molecular flexibility index (Phi) is 10.7. The summed E-state index contributed by atoms with van der Waals surface area (Å²) in [5, 5.41) is 19.1. The summed E-state index contributed by atoms with van der Waals surface area (Å²) in [6.45, 7) is 6.77. The maximum atomic E-state index is 9.55. The van der Waals surface area contributed by atoms with E-state index in [1.807, 2.05) is 12.1 Å². The molecule has 0 aliphatic carbocycles. The number of methoxy groups -OCH3 is 1. The van der Waals surface area contributed by atoms with E-state index in [2.05, 4.69) is 25.2 Å². The van der Waals surface area contributed by atoms with E-state index in [9.17, 15) is 9.59 Å². The van der Waals surface area contributed by atoms with Crippen LogP contribution in [0.3, 0.4) is 0 Å². The molecule has 1 heterocycles. The van der Waals surface area contributed by atoms with Gasteiger partial charge >= 0.3 is 11.9 Å². The third-order valence-electron chi connectivity index (χ3n) is 3.70. The van der Waals surface area contributed by atoms with Gasteiger partial charge in [-0.1, -0.05) is 0 Å². The smallest absolute Gasteiger partial charge is 0.328 e. The van der Waals surface area contributed by atoms with Crippen LogP contribution in [0.15, 0.2) is 30.4 Å². The quantitative estimate of drug-likeness (QED) is 0.408. The molecule has 1 atom stereocenters. The van der Waals surface area contributed by atoms with Gasteiger partial charge in [-0.15, -0.1) is 0 Å². The molecule has 1 aromatic rings. The van der Waals surface area contributed by atoms with Crippen LogP contribution >= 0.6 is 0 Å². The number of ether oxygens (including phenoxy) is 3. The second kappa shape index (κ2) is 12.7. The van der Waals surface area contributed by atoms with E-state index >= 15 is 0 Å². The van der Waals surface area contributed by atoms with Crippen molar-refractivity contribution in [2.45, 2.75) is 38.9 Å². The summed E-state index contributed by atoms with van der Waals surface area (Å²) in [7, 11) is 1.69. The number of rotatable bonds is 10. The van der Waals surface area contributed by atoms with E-state index in [-0.39, 0.29) is 6.10 Å². The van der Waals surface area contributed by atoms with Crippen molar-refractivity contribution in [3.8, 4) is 11.5 Å². The Balaban J connectivity index is 0.000000416. The molecule has 0 radical (unpaired) electrons. The van der Waals surface area contributed by atoms with Crippen molar-refractivity contribution in [1.82, 2.24) is 5.32 Å².